The first kappa shape index (κ1) is 16.6. The maximum atomic E-state index is 6.20. The minimum absolute atomic E-state index is 0.632. The van der Waals surface area contributed by atoms with Gasteiger partial charge in [0.15, 0.2) is 0 Å². The summed E-state index contributed by atoms with van der Waals surface area (Å²) in [6.07, 6.45) is 8.33. The van der Waals surface area contributed by atoms with Crippen molar-refractivity contribution in [1.29, 1.82) is 0 Å². The summed E-state index contributed by atoms with van der Waals surface area (Å²) < 4.78 is 5.87. The summed E-state index contributed by atoms with van der Waals surface area (Å²) in [5.74, 6) is 2.03. The molecule has 1 N–H and O–H groups in total. The maximum absolute atomic E-state index is 6.20. The number of ether oxygens (including phenoxy) is 1. The van der Waals surface area contributed by atoms with Gasteiger partial charge in [-0.05, 0) is 36.8 Å². The molecular formula is C17H27ClN2O. The van der Waals surface area contributed by atoms with Crippen LogP contribution in [-0.2, 0) is 6.54 Å². The van der Waals surface area contributed by atoms with Gasteiger partial charge in [-0.1, -0.05) is 44.7 Å². The number of nitrogens with zero attached hydrogens (tertiary/aromatic N) is 1. The molecule has 1 aliphatic rings. The van der Waals surface area contributed by atoms with E-state index >= 15 is 0 Å². The molecule has 0 spiro atoms. The highest BCUT2D eigenvalue weighted by atomic mass is 35.5. The Hall–Kier alpha value is -0.800. The van der Waals surface area contributed by atoms with Crippen molar-refractivity contribution in [3.8, 4) is 5.88 Å². The summed E-state index contributed by atoms with van der Waals surface area (Å²) in [5.41, 5.74) is 1.06. The van der Waals surface area contributed by atoms with Crippen LogP contribution in [0, 0.1) is 11.8 Å². The average Bonchev–Trinajstić information content (AvgIpc) is 2.48. The summed E-state index contributed by atoms with van der Waals surface area (Å²) in [6, 6.07) is 1.97. The van der Waals surface area contributed by atoms with E-state index in [0.717, 1.165) is 25.3 Å². The van der Waals surface area contributed by atoms with Gasteiger partial charge in [0.2, 0.25) is 5.88 Å². The fraction of sp³-hybridized carbons (Fsp3) is 0.706. The van der Waals surface area contributed by atoms with Crippen LogP contribution in [0.2, 0.25) is 5.02 Å². The van der Waals surface area contributed by atoms with Gasteiger partial charge in [0.1, 0.15) is 0 Å². The Morgan fingerprint density at radius 3 is 2.81 bits per heavy atom. The third-order valence-electron chi connectivity index (χ3n) is 3.97. The smallest absolute Gasteiger partial charge is 0.213 e. The van der Waals surface area contributed by atoms with E-state index in [1.54, 1.807) is 6.20 Å². The summed E-state index contributed by atoms with van der Waals surface area (Å²) in [5, 5.41) is 4.11. The van der Waals surface area contributed by atoms with Crippen molar-refractivity contribution < 1.29 is 4.74 Å². The topological polar surface area (TPSA) is 34.1 Å². The largest absolute Gasteiger partial charge is 0.477 e. The molecule has 118 valence electrons. The lowest BCUT2D eigenvalue weighted by Crippen LogP contribution is -2.19. The zero-order valence-corrected chi connectivity index (χ0v) is 14.0. The molecule has 0 atom stereocenters. The van der Waals surface area contributed by atoms with Crippen molar-refractivity contribution in [3.63, 3.8) is 0 Å². The predicted octanol–water partition coefficient (Wildman–Crippen LogP) is 4.44. The van der Waals surface area contributed by atoms with Gasteiger partial charge in [0.25, 0.3) is 0 Å². The second-order valence-corrected chi connectivity index (χ2v) is 6.86. The van der Waals surface area contributed by atoms with Crippen molar-refractivity contribution in [3.05, 3.63) is 22.8 Å². The SMILES string of the molecule is CC(C)CNCc1cc(OCC2CCCCC2)ncc1Cl. The fourth-order valence-corrected chi connectivity index (χ4v) is 2.90. The number of rotatable bonds is 7. The van der Waals surface area contributed by atoms with E-state index in [1.807, 2.05) is 6.07 Å². The zero-order chi connectivity index (χ0) is 15.1. The van der Waals surface area contributed by atoms with Crippen molar-refractivity contribution in [1.82, 2.24) is 10.3 Å². The minimum atomic E-state index is 0.632. The molecule has 1 fully saturated rings. The molecule has 0 aliphatic heterocycles. The third-order valence-corrected chi connectivity index (χ3v) is 4.31. The minimum Gasteiger partial charge on any atom is -0.477 e. The summed E-state index contributed by atoms with van der Waals surface area (Å²) in [6.45, 7) is 6.92. The number of nitrogens with one attached hydrogen (secondary N) is 1. The second-order valence-electron chi connectivity index (χ2n) is 6.45. The summed E-state index contributed by atoms with van der Waals surface area (Å²) >= 11 is 6.20. The number of hydrogen-bond acceptors (Lipinski definition) is 3. The van der Waals surface area contributed by atoms with E-state index < -0.39 is 0 Å². The van der Waals surface area contributed by atoms with Crippen molar-refractivity contribution >= 4 is 11.6 Å². The van der Waals surface area contributed by atoms with Crippen LogP contribution in [0.4, 0.5) is 0 Å². The Kier molecular flexibility index (Phi) is 6.78. The third kappa shape index (κ3) is 5.84. The molecule has 0 saturated heterocycles. The van der Waals surface area contributed by atoms with E-state index in [-0.39, 0.29) is 0 Å². The number of pyridine rings is 1. The monoisotopic (exact) mass is 310 g/mol. The van der Waals surface area contributed by atoms with Crippen molar-refractivity contribution in [2.24, 2.45) is 11.8 Å². The van der Waals surface area contributed by atoms with Crippen LogP contribution >= 0.6 is 11.6 Å². The highest BCUT2D eigenvalue weighted by Crippen LogP contribution is 2.25. The molecule has 1 aromatic rings. The lowest BCUT2D eigenvalue weighted by atomic mass is 9.90. The first-order valence-corrected chi connectivity index (χ1v) is 8.51. The van der Waals surface area contributed by atoms with Gasteiger partial charge in [-0.3, -0.25) is 0 Å². The highest BCUT2D eigenvalue weighted by Gasteiger charge is 2.14. The molecule has 1 heterocycles. The standard InChI is InChI=1S/C17H27ClN2O/c1-13(2)9-19-10-15-8-17(20-11-16(15)18)21-12-14-6-4-3-5-7-14/h8,11,13-14,19H,3-7,9-10,12H2,1-2H3. The second kappa shape index (κ2) is 8.60. The molecular weight excluding hydrogens is 284 g/mol. The Balaban J connectivity index is 1.84. The van der Waals surface area contributed by atoms with Crippen LogP contribution in [0.1, 0.15) is 51.5 Å². The molecule has 1 saturated carbocycles. The van der Waals surface area contributed by atoms with Gasteiger partial charge in [0.05, 0.1) is 11.6 Å². The molecule has 0 amide bonds. The lowest BCUT2D eigenvalue weighted by molar-refractivity contribution is 0.202. The molecule has 0 aromatic carbocycles. The maximum Gasteiger partial charge on any atom is 0.213 e. The Morgan fingerprint density at radius 1 is 1.33 bits per heavy atom. The van der Waals surface area contributed by atoms with Crippen LogP contribution < -0.4 is 10.1 Å². The Labute approximate surface area is 133 Å². The first-order valence-electron chi connectivity index (χ1n) is 8.13. The van der Waals surface area contributed by atoms with Gasteiger partial charge in [-0.25, -0.2) is 4.98 Å². The number of hydrogen-bond donors (Lipinski definition) is 1. The van der Waals surface area contributed by atoms with Gasteiger partial charge < -0.3 is 10.1 Å². The van der Waals surface area contributed by atoms with Crippen LogP contribution in [0.25, 0.3) is 0 Å². The Bertz CT molecular complexity index is 431. The predicted molar refractivity (Wildman–Crippen MR) is 87.9 cm³/mol. The average molecular weight is 311 g/mol. The number of halogens is 1. The van der Waals surface area contributed by atoms with Crippen LogP contribution in [0.15, 0.2) is 12.3 Å². The molecule has 3 nitrogen and oxygen atoms in total. The fourth-order valence-electron chi connectivity index (χ4n) is 2.73. The lowest BCUT2D eigenvalue weighted by Gasteiger charge is -2.21. The first-order chi connectivity index (χ1) is 10.1. The van der Waals surface area contributed by atoms with E-state index in [2.05, 4.69) is 24.1 Å². The normalized spacial score (nSPS) is 16.4. The molecule has 1 aromatic heterocycles. The van der Waals surface area contributed by atoms with Crippen LogP contribution in [-0.4, -0.2) is 18.1 Å². The van der Waals surface area contributed by atoms with E-state index in [9.17, 15) is 0 Å². The van der Waals surface area contributed by atoms with Crippen molar-refractivity contribution in [2.75, 3.05) is 13.2 Å². The molecule has 1 aliphatic carbocycles. The van der Waals surface area contributed by atoms with E-state index in [4.69, 9.17) is 16.3 Å². The van der Waals surface area contributed by atoms with Crippen LogP contribution in [0.5, 0.6) is 5.88 Å². The van der Waals surface area contributed by atoms with Gasteiger partial charge in [0, 0.05) is 18.8 Å². The molecule has 2 rings (SSSR count). The quantitative estimate of drug-likeness (QED) is 0.808. The Morgan fingerprint density at radius 2 is 2.10 bits per heavy atom. The zero-order valence-electron chi connectivity index (χ0n) is 13.2. The summed E-state index contributed by atoms with van der Waals surface area (Å²) in [4.78, 5) is 4.28. The molecule has 4 heteroatoms. The van der Waals surface area contributed by atoms with Gasteiger partial charge in [-0.15, -0.1) is 0 Å². The molecule has 0 radical (unpaired) electrons. The van der Waals surface area contributed by atoms with Crippen LogP contribution in [0.3, 0.4) is 0 Å². The van der Waals surface area contributed by atoms with E-state index in [1.165, 1.54) is 32.1 Å². The van der Waals surface area contributed by atoms with Crippen molar-refractivity contribution in [2.45, 2.75) is 52.5 Å². The van der Waals surface area contributed by atoms with Gasteiger partial charge in [-0.2, -0.15) is 0 Å². The van der Waals surface area contributed by atoms with E-state index in [0.29, 0.717) is 22.7 Å². The molecule has 0 unspecified atom stereocenters. The number of aromatic nitrogens is 1. The molecule has 0 bridgehead atoms. The summed E-state index contributed by atoms with van der Waals surface area (Å²) in [7, 11) is 0. The van der Waals surface area contributed by atoms with Gasteiger partial charge >= 0.3 is 0 Å². The highest BCUT2D eigenvalue weighted by molar-refractivity contribution is 6.31. The molecule has 21 heavy (non-hydrogen) atoms.